The van der Waals surface area contributed by atoms with Gasteiger partial charge < -0.3 is 25.5 Å². The molecule has 4 N–H and O–H groups in total. The Hall–Kier alpha value is -5.32. The number of carbonyl (C=O) groups is 3. The highest BCUT2D eigenvalue weighted by molar-refractivity contribution is 6.21. The molecule has 0 aromatic carbocycles. The summed E-state index contributed by atoms with van der Waals surface area (Å²) in [5, 5.41) is 33.5. The maximum atomic E-state index is 13.2. The number of aliphatic carboxylic acids is 2. The molecule has 6 rings (SSSR count). The van der Waals surface area contributed by atoms with Crippen molar-refractivity contribution in [3.63, 3.8) is 0 Å². The summed E-state index contributed by atoms with van der Waals surface area (Å²) in [5.41, 5.74) is 12.7. The zero-order valence-electron chi connectivity index (χ0n) is 27.8. The Balaban J connectivity index is 1.49. The molecule has 1 saturated heterocycles. The van der Waals surface area contributed by atoms with Crippen molar-refractivity contribution in [2.75, 3.05) is 13.1 Å². The van der Waals surface area contributed by atoms with Gasteiger partial charge in [0.25, 0.3) is 0 Å². The molecule has 5 aliphatic heterocycles. The van der Waals surface area contributed by atoms with Crippen molar-refractivity contribution in [3.05, 3.63) is 104 Å². The van der Waals surface area contributed by atoms with Crippen LogP contribution in [0, 0.1) is 11.8 Å². The molecular weight excluding hydrogens is 610 g/mol. The predicted octanol–water partition coefficient (Wildman–Crippen LogP) is 5.62. The van der Waals surface area contributed by atoms with Gasteiger partial charge in [-0.05, 0) is 74.1 Å². The maximum Gasteiger partial charge on any atom is 0.323 e. The van der Waals surface area contributed by atoms with Crippen molar-refractivity contribution in [2.24, 2.45) is 26.8 Å². The molecule has 248 valence electrons. The second kappa shape index (κ2) is 12.4. The number of nitrogens with one attached hydrogen (secondary N) is 1. The second-order valence-electron chi connectivity index (χ2n) is 12.8. The van der Waals surface area contributed by atoms with Crippen LogP contribution in [0.25, 0.3) is 0 Å². The van der Waals surface area contributed by atoms with Crippen molar-refractivity contribution in [2.45, 2.75) is 60.3 Å². The number of carbonyl (C=O) groups excluding carboxylic acids is 1. The number of fused-ring (bicyclic) bond motifs is 5. The number of amides is 1. The first-order chi connectivity index (χ1) is 22.8. The molecule has 1 fully saturated rings. The summed E-state index contributed by atoms with van der Waals surface area (Å²) >= 11 is 0. The van der Waals surface area contributed by atoms with Gasteiger partial charge in [-0.3, -0.25) is 14.4 Å². The highest BCUT2D eigenvalue weighted by Gasteiger charge is 2.41. The van der Waals surface area contributed by atoms with Crippen molar-refractivity contribution in [1.29, 1.82) is 0 Å². The summed E-state index contributed by atoms with van der Waals surface area (Å²) in [5.74, 6) is -3.26. The fourth-order valence-electron chi connectivity index (χ4n) is 7.38. The first kappa shape index (κ1) is 32.6. The normalized spacial score (nSPS) is 22.9. The lowest BCUT2D eigenvalue weighted by Gasteiger charge is -2.21. The molecule has 0 saturated carbocycles. The molecule has 48 heavy (non-hydrogen) atoms. The Morgan fingerprint density at radius 2 is 1.65 bits per heavy atom. The third kappa shape index (κ3) is 5.52. The number of hydrogen-bond acceptors (Lipinski definition) is 8. The fourth-order valence-corrected chi connectivity index (χ4v) is 7.38. The van der Waals surface area contributed by atoms with Crippen LogP contribution in [-0.2, 0) is 14.4 Å². The van der Waals surface area contributed by atoms with Crippen LogP contribution in [0.3, 0.4) is 0 Å². The zero-order valence-corrected chi connectivity index (χ0v) is 27.8. The first-order valence-corrected chi connectivity index (χ1v) is 16.1. The Morgan fingerprint density at radius 3 is 2.29 bits per heavy atom. The van der Waals surface area contributed by atoms with E-state index < -0.39 is 30.9 Å². The quantitative estimate of drug-likeness (QED) is 0.252. The maximum absolute atomic E-state index is 13.2. The smallest absolute Gasteiger partial charge is 0.323 e. The summed E-state index contributed by atoms with van der Waals surface area (Å²) in [6.07, 6.45) is 9.09. The molecule has 0 aromatic heterocycles. The lowest BCUT2D eigenvalue weighted by Crippen LogP contribution is -2.39. The summed E-state index contributed by atoms with van der Waals surface area (Å²) in [7, 11) is 0. The van der Waals surface area contributed by atoms with Gasteiger partial charge in [0, 0.05) is 52.8 Å². The van der Waals surface area contributed by atoms with E-state index in [9.17, 15) is 29.7 Å². The van der Waals surface area contributed by atoms with Crippen molar-refractivity contribution >= 4 is 35.0 Å². The van der Waals surface area contributed by atoms with Crippen LogP contribution in [0.5, 0.6) is 0 Å². The van der Waals surface area contributed by atoms with E-state index in [-0.39, 0.29) is 30.4 Å². The fraction of sp³-hybridized carbons (Fsp3) is 0.351. The number of aliphatic hydroxyl groups is 1. The minimum atomic E-state index is -1.28. The number of aliphatic hydroxyl groups excluding tert-OH is 1. The molecule has 11 nitrogen and oxygen atoms in total. The van der Waals surface area contributed by atoms with Gasteiger partial charge in [0.05, 0.1) is 34.2 Å². The molecule has 0 unspecified atom stereocenters. The largest absolute Gasteiger partial charge is 0.511 e. The van der Waals surface area contributed by atoms with Gasteiger partial charge >= 0.3 is 11.9 Å². The molecule has 0 aromatic rings. The number of allylic oxidation sites excluding steroid dienone is 12. The molecule has 0 spiro atoms. The number of nitrogens with zero attached hydrogens (tertiary/aromatic N) is 4. The van der Waals surface area contributed by atoms with E-state index >= 15 is 0 Å². The predicted molar refractivity (Wildman–Crippen MR) is 183 cm³/mol. The number of carboxylic acids is 2. The van der Waals surface area contributed by atoms with Gasteiger partial charge in [0.2, 0.25) is 5.91 Å². The van der Waals surface area contributed by atoms with Gasteiger partial charge in [-0.15, -0.1) is 0 Å². The highest BCUT2D eigenvalue weighted by atomic mass is 16.4. The van der Waals surface area contributed by atoms with Crippen LogP contribution in [0.15, 0.2) is 119 Å². The summed E-state index contributed by atoms with van der Waals surface area (Å²) in [4.78, 5) is 51.9. The third-order valence-electron chi connectivity index (χ3n) is 9.98. The van der Waals surface area contributed by atoms with E-state index in [1.54, 1.807) is 6.08 Å². The Bertz CT molecular complexity index is 1940. The minimum absolute atomic E-state index is 0.0619. The summed E-state index contributed by atoms with van der Waals surface area (Å²) in [6.45, 7) is 12.8. The Labute approximate surface area is 278 Å². The standard InChI is InChI=1S/C37H39N5O6/c1-7-21-17(3)25-12-27-19(5)23(9-10-32(44)42(15-33(45)46)16-34(47)48)36(40-27)24-11-31(43)35-20(6)28(41-37(24)35)14-30-22(8-2)18(4)26(39-30)13-29(21)38-25/h7,12-14,19,23,40,43H,1,8-11,15-16H2,2-6H3,(H,45,46)(H,47,48)/t19-,23-/m0/s1. The van der Waals surface area contributed by atoms with E-state index in [1.165, 1.54) is 0 Å². The molecule has 2 atom stereocenters. The Kier molecular flexibility index (Phi) is 8.40. The lowest BCUT2D eigenvalue weighted by atomic mass is 9.86. The molecular formula is C37H39N5O6. The molecule has 11 heteroatoms. The number of carboxylic acid groups (broad SMARTS) is 2. The summed E-state index contributed by atoms with van der Waals surface area (Å²) in [6, 6.07) is 0. The van der Waals surface area contributed by atoms with Crippen molar-refractivity contribution in [1.82, 2.24) is 10.2 Å². The molecule has 1 aliphatic carbocycles. The van der Waals surface area contributed by atoms with Crippen LogP contribution < -0.4 is 5.32 Å². The molecule has 5 heterocycles. The van der Waals surface area contributed by atoms with Gasteiger partial charge in [0.15, 0.2) is 0 Å². The number of rotatable bonds is 9. The molecule has 6 aliphatic rings. The van der Waals surface area contributed by atoms with Gasteiger partial charge in [-0.1, -0.05) is 26.5 Å². The molecule has 1 amide bonds. The first-order valence-electron chi connectivity index (χ1n) is 16.1. The van der Waals surface area contributed by atoms with Crippen molar-refractivity contribution in [3.8, 4) is 0 Å². The van der Waals surface area contributed by atoms with Crippen molar-refractivity contribution < 1.29 is 29.7 Å². The van der Waals surface area contributed by atoms with Crippen LogP contribution in [0.2, 0.25) is 0 Å². The monoisotopic (exact) mass is 649 g/mol. The SMILES string of the molecule is C=CC1=C(C)C2=NC1=CC1=NC(=CC3=C(C)C4=C(O)CC(=C5NC(=C2)[C@@H](C)[C@@H]5CCC(=O)N(CC(=O)O)CC(=O)O)C4=N3)C(CC)=C1C. The molecule has 0 radical (unpaired) electrons. The average molecular weight is 650 g/mol. The van der Waals surface area contributed by atoms with E-state index in [0.29, 0.717) is 17.7 Å². The zero-order chi connectivity index (χ0) is 34.6. The second-order valence-corrected chi connectivity index (χ2v) is 12.8. The van der Waals surface area contributed by atoms with Crippen LogP contribution in [0.1, 0.15) is 60.3 Å². The van der Waals surface area contributed by atoms with Gasteiger partial charge in [-0.25, -0.2) is 15.0 Å². The third-order valence-corrected chi connectivity index (χ3v) is 9.98. The van der Waals surface area contributed by atoms with Gasteiger partial charge in [-0.2, -0.15) is 0 Å². The van der Waals surface area contributed by atoms with E-state index in [1.807, 2.05) is 32.1 Å². The Morgan fingerprint density at radius 1 is 0.979 bits per heavy atom. The topological polar surface area (TPSA) is 164 Å². The molecule has 8 bridgehead atoms. The number of hydrogen-bond donors (Lipinski definition) is 4. The van der Waals surface area contributed by atoms with E-state index in [0.717, 1.165) is 84.7 Å². The highest BCUT2D eigenvalue weighted by Crippen LogP contribution is 2.46. The van der Waals surface area contributed by atoms with Crippen LogP contribution in [0.4, 0.5) is 0 Å². The average Bonchev–Trinajstić information content (AvgIpc) is 3.77. The van der Waals surface area contributed by atoms with E-state index in [4.69, 9.17) is 15.0 Å². The van der Waals surface area contributed by atoms with Gasteiger partial charge in [0.1, 0.15) is 18.8 Å². The summed E-state index contributed by atoms with van der Waals surface area (Å²) < 4.78 is 0. The van der Waals surface area contributed by atoms with E-state index in [2.05, 4.69) is 32.7 Å². The van der Waals surface area contributed by atoms with Crippen LogP contribution >= 0.6 is 0 Å². The lowest BCUT2D eigenvalue weighted by molar-refractivity contribution is -0.149. The van der Waals surface area contributed by atoms with Crippen LogP contribution in [-0.4, -0.2) is 68.3 Å². The number of aliphatic imine (C=N–C) groups is 3. The minimum Gasteiger partial charge on any atom is -0.511 e.